The fourth-order valence-electron chi connectivity index (χ4n) is 1.05. The summed E-state index contributed by atoms with van der Waals surface area (Å²) in [7, 11) is 1.61. The van der Waals surface area contributed by atoms with Crippen LogP contribution in [0.4, 0.5) is 5.82 Å². The number of anilines is 1. The van der Waals surface area contributed by atoms with Crippen LogP contribution in [-0.4, -0.2) is 29.5 Å². The summed E-state index contributed by atoms with van der Waals surface area (Å²) in [5.74, 6) is 0.621. The zero-order valence-electron chi connectivity index (χ0n) is 8.67. The van der Waals surface area contributed by atoms with Crippen molar-refractivity contribution in [1.29, 1.82) is 0 Å². The van der Waals surface area contributed by atoms with Crippen LogP contribution in [0.2, 0.25) is 5.28 Å². The summed E-state index contributed by atoms with van der Waals surface area (Å²) in [6.45, 7) is 2.35. The smallest absolute Gasteiger partial charge is 0.224 e. The molecule has 0 saturated carbocycles. The first kappa shape index (κ1) is 11.7. The summed E-state index contributed by atoms with van der Waals surface area (Å²) in [5.41, 5.74) is 0.789. The Balaban J connectivity index is 2.47. The van der Waals surface area contributed by atoms with Crippen molar-refractivity contribution in [1.82, 2.24) is 15.3 Å². The van der Waals surface area contributed by atoms with E-state index in [1.807, 2.05) is 6.92 Å². The summed E-state index contributed by atoms with van der Waals surface area (Å²) in [6.07, 6.45) is 0.400. The zero-order valence-corrected chi connectivity index (χ0v) is 9.43. The van der Waals surface area contributed by atoms with E-state index in [2.05, 4.69) is 20.6 Å². The summed E-state index contributed by atoms with van der Waals surface area (Å²) in [6, 6.07) is 1.77. The summed E-state index contributed by atoms with van der Waals surface area (Å²) in [5, 5.41) is 5.74. The van der Waals surface area contributed by atoms with Crippen molar-refractivity contribution in [3.05, 3.63) is 17.0 Å². The number of rotatable bonds is 4. The topological polar surface area (TPSA) is 66.9 Å². The van der Waals surface area contributed by atoms with Gasteiger partial charge in [0.05, 0.1) is 0 Å². The van der Waals surface area contributed by atoms with Gasteiger partial charge in [0.15, 0.2) is 0 Å². The Kier molecular flexibility index (Phi) is 4.30. The van der Waals surface area contributed by atoms with Gasteiger partial charge in [-0.3, -0.25) is 4.79 Å². The maximum Gasteiger partial charge on any atom is 0.224 e. The quantitative estimate of drug-likeness (QED) is 0.755. The number of hydrogen-bond donors (Lipinski definition) is 2. The van der Waals surface area contributed by atoms with Crippen LogP contribution in [0, 0.1) is 6.92 Å². The lowest BCUT2D eigenvalue weighted by atomic mass is 10.4. The average molecular weight is 229 g/mol. The Morgan fingerprint density at radius 2 is 2.27 bits per heavy atom. The fraction of sp³-hybridized carbons (Fsp3) is 0.444. The predicted octanol–water partition coefficient (Wildman–Crippen LogP) is 0.986. The van der Waals surface area contributed by atoms with E-state index >= 15 is 0 Å². The SMILES string of the molecule is CNC(=O)CCNc1cc(C)nc(Cl)n1. The molecule has 1 aromatic heterocycles. The maximum atomic E-state index is 10.9. The van der Waals surface area contributed by atoms with Crippen LogP contribution in [0.3, 0.4) is 0 Å². The number of aromatic nitrogens is 2. The van der Waals surface area contributed by atoms with Gasteiger partial charge in [0, 0.05) is 31.8 Å². The number of carbonyl (C=O) groups excluding carboxylic acids is 1. The second kappa shape index (κ2) is 5.50. The van der Waals surface area contributed by atoms with Crippen molar-refractivity contribution in [3.8, 4) is 0 Å². The summed E-state index contributed by atoms with van der Waals surface area (Å²) >= 11 is 5.68. The van der Waals surface area contributed by atoms with Crippen LogP contribution < -0.4 is 10.6 Å². The van der Waals surface area contributed by atoms with Gasteiger partial charge in [0.1, 0.15) is 5.82 Å². The molecule has 0 aliphatic carbocycles. The van der Waals surface area contributed by atoms with Crippen LogP contribution >= 0.6 is 11.6 Å². The predicted molar refractivity (Wildman–Crippen MR) is 59.0 cm³/mol. The Morgan fingerprint density at radius 3 is 2.87 bits per heavy atom. The molecule has 0 aromatic carbocycles. The third-order valence-corrected chi connectivity index (χ3v) is 1.93. The lowest BCUT2D eigenvalue weighted by Gasteiger charge is -2.05. The largest absolute Gasteiger partial charge is 0.369 e. The molecule has 6 heteroatoms. The molecule has 15 heavy (non-hydrogen) atoms. The molecule has 0 fully saturated rings. The third kappa shape index (κ3) is 4.12. The Morgan fingerprint density at radius 1 is 1.53 bits per heavy atom. The maximum absolute atomic E-state index is 10.9. The van der Waals surface area contributed by atoms with Crippen LogP contribution in [0.1, 0.15) is 12.1 Å². The van der Waals surface area contributed by atoms with Crippen molar-refractivity contribution < 1.29 is 4.79 Å². The third-order valence-electron chi connectivity index (χ3n) is 1.76. The highest BCUT2D eigenvalue weighted by Crippen LogP contribution is 2.09. The molecule has 1 amide bonds. The first-order valence-electron chi connectivity index (χ1n) is 4.57. The molecule has 0 unspecified atom stereocenters. The number of hydrogen-bond acceptors (Lipinski definition) is 4. The Labute approximate surface area is 93.3 Å². The molecule has 0 spiro atoms. The lowest BCUT2D eigenvalue weighted by Crippen LogP contribution is -2.21. The van der Waals surface area contributed by atoms with Gasteiger partial charge in [-0.1, -0.05) is 0 Å². The number of nitrogens with zero attached hydrogens (tertiary/aromatic N) is 2. The molecule has 82 valence electrons. The molecule has 0 radical (unpaired) electrons. The van der Waals surface area contributed by atoms with Gasteiger partial charge < -0.3 is 10.6 Å². The van der Waals surface area contributed by atoms with Crippen molar-refractivity contribution in [2.45, 2.75) is 13.3 Å². The zero-order chi connectivity index (χ0) is 11.3. The van der Waals surface area contributed by atoms with Crippen LogP contribution in [0.25, 0.3) is 0 Å². The number of nitrogens with one attached hydrogen (secondary N) is 2. The minimum Gasteiger partial charge on any atom is -0.369 e. The van der Waals surface area contributed by atoms with Crippen LogP contribution in [0.5, 0.6) is 0 Å². The highest BCUT2D eigenvalue weighted by molar-refractivity contribution is 6.28. The molecule has 0 aliphatic heterocycles. The van der Waals surface area contributed by atoms with Gasteiger partial charge >= 0.3 is 0 Å². The first-order chi connectivity index (χ1) is 7.11. The molecule has 0 saturated heterocycles. The van der Waals surface area contributed by atoms with E-state index in [1.54, 1.807) is 13.1 Å². The highest BCUT2D eigenvalue weighted by Gasteiger charge is 2.01. The van der Waals surface area contributed by atoms with Crippen molar-refractivity contribution in [2.75, 3.05) is 18.9 Å². The van der Waals surface area contributed by atoms with E-state index < -0.39 is 0 Å². The molecule has 0 aliphatic rings. The normalized spacial score (nSPS) is 9.80. The molecule has 1 rings (SSSR count). The second-order valence-electron chi connectivity index (χ2n) is 3.01. The molecule has 1 heterocycles. The van der Waals surface area contributed by atoms with Crippen molar-refractivity contribution in [2.24, 2.45) is 0 Å². The minimum atomic E-state index is -0.0145. The molecule has 2 N–H and O–H groups in total. The van der Waals surface area contributed by atoms with E-state index in [4.69, 9.17) is 11.6 Å². The van der Waals surface area contributed by atoms with Crippen LogP contribution in [0.15, 0.2) is 6.07 Å². The molecular weight excluding hydrogens is 216 g/mol. The van der Waals surface area contributed by atoms with E-state index in [9.17, 15) is 4.79 Å². The van der Waals surface area contributed by atoms with Gasteiger partial charge in [-0.25, -0.2) is 9.97 Å². The van der Waals surface area contributed by atoms with Gasteiger partial charge in [0.25, 0.3) is 0 Å². The van der Waals surface area contributed by atoms with Crippen molar-refractivity contribution >= 4 is 23.3 Å². The van der Waals surface area contributed by atoms with E-state index in [-0.39, 0.29) is 11.2 Å². The van der Waals surface area contributed by atoms with Crippen molar-refractivity contribution in [3.63, 3.8) is 0 Å². The monoisotopic (exact) mass is 228 g/mol. The second-order valence-corrected chi connectivity index (χ2v) is 3.35. The molecule has 5 nitrogen and oxygen atoms in total. The molecule has 0 bridgehead atoms. The average Bonchev–Trinajstić information content (AvgIpc) is 2.16. The van der Waals surface area contributed by atoms with Gasteiger partial charge in [-0.2, -0.15) is 0 Å². The number of carbonyl (C=O) groups is 1. The first-order valence-corrected chi connectivity index (χ1v) is 4.95. The van der Waals surface area contributed by atoms with E-state index in [0.29, 0.717) is 18.8 Å². The van der Waals surface area contributed by atoms with E-state index in [1.165, 1.54) is 0 Å². The summed E-state index contributed by atoms with van der Waals surface area (Å²) in [4.78, 5) is 18.8. The van der Waals surface area contributed by atoms with Gasteiger partial charge in [-0.15, -0.1) is 0 Å². The minimum absolute atomic E-state index is 0.0145. The number of amides is 1. The van der Waals surface area contributed by atoms with Crippen LogP contribution in [-0.2, 0) is 4.79 Å². The summed E-state index contributed by atoms with van der Waals surface area (Å²) < 4.78 is 0. The van der Waals surface area contributed by atoms with Gasteiger partial charge in [0.2, 0.25) is 11.2 Å². The van der Waals surface area contributed by atoms with Gasteiger partial charge in [-0.05, 0) is 18.5 Å². The number of halogens is 1. The number of aryl methyl sites for hydroxylation is 1. The highest BCUT2D eigenvalue weighted by atomic mass is 35.5. The van der Waals surface area contributed by atoms with E-state index in [0.717, 1.165) is 5.69 Å². The Hall–Kier alpha value is -1.36. The molecular formula is C9H13ClN4O. The molecule has 1 aromatic rings. The fourth-order valence-corrected chi connectivity index (χ4v) is 1.28. The standard InChI is InChI=1S/C9H13ClN4O/c1-6-5-7(14-9(10)13-6)12-4-3-8(15)11-2/h5H,3-4H2,1-2H3,(H,11,15)(H,12,13,14). The lowest BCUT2D eigenvalue weighted by molar-refractivity contribution is -0.120. The Bertz CT molecular complexity index is 336. The molecule has 0 atom stereocenters.